The highest BCUT2D eigenvalue weighted by Crippen LogP contribution is 2.29. The Morgan fingerprint density at radius 3 is 2.76 bits per heavy atom. The number of benzene rings is 1. The molecule has 0 amide bonds. The van der Waals surface area contributed by atoms with E-state index in [1.54, 1.807) is 11.1 Å². The van der Waals surface area contributed by atoms with Gasteiger partial charge < -0.3 is 11.1 Å². The third-order valence-corrected chi connectivity index (χ3v) is 3.77. The molecule has 1 aromatic rings. The van der Waals surface area contributed by atoms with Crippen LogP contribution in [0.5, 0.6) is 0 Å². The number of nitrogens with one attached hydrogen (secondary N) is 1. The van der Waals surface area contributed by atoms with Crippen molar-refractivity contribution in [3.63, 3.8) is 0 Å². The molecule has 3 N–H and O–H groups in total. The molecule has 1 aromatic carbocycles. The van der Waals surface area contributed by atoms with Crippen LogP contribution in [-0.4, -0.2) is 19.6 Å². The second-order valence-electron chi connectivity index (χ2n) is 5.69. The average molecular weight is 232 g/mol. The van der Waals surface area contributed by atoms with Crippen LogP contribution in [0.4, 0.5) is 0 Å². The summed E-state index contributed by atoms with van der Waals surface area (Å²) in [6.45, 7) is 7.19. The van der Waals surface area contributed by atoms with E-state index in [1.165, 1.54) is 24.8 Å². The van der Waals surface area contributed by atoms with E-state index in [1.807, 2.05) is 0 Å². The van der Waals surface area contributed by atoms with Crippen LogP contribution in [-0.2, 0) is 18.3 Å². The van der Waals surface area contributed by atoms with E-state index in [0.717, 1.165) is 13.1 Å². The van der Waals surface area contributed by atoms with Crippen LogP contribution in [0, 0.1) is 0 Å². The molecule has 0 saturated heterocycles. The maximum Gasteiger partial charge on any atom is 0.00748 e. The summed E-state index contributed by atoms with van der Waals surface area (Å²) in [7, 11) is 0. The third kappa shape index (κ3) is 2.88. The van der Waals surface area contributed by atoms with Gasteiger partial charge in [0.05, 0.1) is 0 Å². The topological polar surface area (TPSA) is 38.0 Å². The first-order valence-corrected chi connectivity index (χ1v) is 6.66. The van der Waals surface area contributed by atoms with E-state index < -0.39 is 0 Å². The van der Waals surface area contributed by atoms with Gasteiger partial charge in [0.2, 0.25) is 0 Å². The molecule has 1 aliphatic carbocycles. The molecule has 0 saturated carbocycles. The van der Waals surface area contributed by atoms with Gasteiger partial charge in [-0.25, -0.2) is 0 Å². The molecule has 2 nitrogen and oxygen atoms in total. The van der Waals surface area contributed by atoms with Gasteiger partial charge in [0, 0.05) is 25.0 Å². The molecule has 0 aliphatic heterocycles. The highest BCUT2D eigenvalue weighted by Gasteiger charge is 2.22. The van der Waals surface area contributed by atoms with Gasteiger partial charge in [-0.2, -0.15) is 0 Å². The molecule has 0 spiro atoms. The molecule has 0 heterocycles. The fraction of sp³-hybridized carbons (Fsp3) is 0.600. The lowest BCUT2D eigenvalue weighted by atomic mass is 9.83. The fourth-order valence-corrected chi connectivity index (χ4v) is 2.60. The number of hydrogen-bond donors (Lipinski definition) is 2. The lowest BCUT2D eigenvalue weighted by Gasteiger charge is -2.26. The van der Waals surface area contributed by atoms with Crippen molar-refractivity contribution in [2.24, 2.45) is 5.73 Å². The Morgan fingerprint density at radius 2 is 2.00 bits per heavy atom. The van der Waals surface area contributed by atoms with Crippen LogP contribution >= 0.6 is 0 Å². The second kappa shape index (κ2) is 5.19. The lowest BCUT2D eigenvalue weighted by Crippen LogP contribution is -2.35. The predicted molar refractivity (Wildman–Crippen MR) is 73.4 cm³/mol. The van der Waals surface area contributed by atoms with E-state index in [0.29, 0.717) is 6.54 Å². The van der Waals surface area contributed by atoms with E-state index in [4.69, 9.17) is 5.73 Å². The first-order valence-electron chi connectivity index (χ1n) is 6.66. The van der Waals surface area contributed by atoms with Gasteiger partial charge in [0.15, 0.2) is 0 Å². The van der Waals surface area contributed by atoms with Gasteiger partial charge in [-0.15, -0.1) is 0 Å². The summed E-state index contributed by atoms with van der Waals surface area (Å²) in [5.74, 6) is 0. The van der Waals surface area contributed by atoms with Crippen molar-refractivity contribution in [2.45, 2.75) is 38.5 Å². The molecular formula is C15H24N2. The summed E-state index contributed by atoms with van der Waals surface area (Å²) in [6.07, 6.45) is 3.85. The standard InChI is InChI=1S/C15H24N2/c1-15(2,11-17-9-8-16)14-7-6-12-4-3-5-13(12)10-14/h6-7,10,17H,3-5,8-9,11,16H2,1-2H3. The van der Waals surface area contributed by atoms with Crippen LogP contribution in [0.3, 0.4) is 0 Å². The minimum absolute atomic E-state index is 0.187. The normalized spacial score (nSPS) is 15.0. The summed E-state index contributed by atoms with van der Waals surface area (Å²) >= 11 is 0. The van der Waals surface area contributed by atoms with Gasteiger partial charge in [0.1, 0.15) is 0 Å². The van der Waals surface area contributed by atoms with Crippen LogP contribution in [0.15, 0.2) is 18.2 Å². The Balaban J connectivity index is 2.10. The first-order chi connectivity index (χ1) is 8.13. The van der Waals surface area contributed by atoms with Crippen LogP contribution in [0.1, 0.15) is 37.0 Å². The summed E-state index contributed by atoms with van der Waals surface area (Å²) in [6, 6.07) is 7.03. The summed E-state index contributed by atoms with van der Waals surface area (Å²) < 4.78 is 0. The van der Waals surface area contributed by atoms with Gasteiger partial charge in [-0.1, -0.05) is 32.0 Å². The maximum atomic E-state index is 5.51. The Hall–Kier alpha value is -0.860. The first kappa shape index (κ1) is 12.6. The Bertz CT molecular complexity index is 383. The molecule has 0 radical (unpaired) electrons. The van der Waals surface area contributed by atoms with Crippen molar-refractivity contribution in [1.29, 1.82) is 0 Å². The zero-order valence-corrected chi connectivity index (χ0v) is 11.1. The molecule has 2 heteroatoms. The third-order valence-electron chi connectivity index (χ3n) is 3.77. The average Bonchev–Trinajstić information content (AvgIpc) is 2.76. The summed E-state index contributed by atoms with van der Waals surface area (Å²) in [5, 5.41) is 3.42. The Labute approximate surface area is 105 Å². The second-order valence-corrected chi connectivity index (χ2v) is 5.69. The molecule has 2 rings (SSSR count). The predicted octanol–water partition coefficient (Wildman–Crippen LogP) is 2.00. The number of fused-ring (bicyclic) bond motifs is 1. The van der Waals surface area contributed by atoms with Crippen molar-refractivity contribution in [2.75, 3.05) is 19.6 Å². The Morgan fingerprint density at radius 1 is 1.24 bits per heavy atom. The smallest absolute Gasteiger partial charge is 0.00748 e. The minimum atomic E-state index is 0.187. The zero-order valence-electron chi connectivity index (χ0n) is 11.1. The molecule has 17 heavy (non-hydrogen) atoms. The molecular weight excluding hydrogens is 208 g/mol. The number of nitrogens with two attached hydrogens (primary N) is 1. The van der Waals surface area contributed by atoms with Gasteiger partial charge >= 0.3 is 0 Å². The van der Waals surface area contributed by atoms with E-state index in [9.17, 15) is 0 Å². The highest BCUT2D eigenvalue weighted by molar-refractivity contribution is 5.38. The summed E-state index contributed by atoms with van der Waals surface area (Å²) in [5.41, 5.74) is 10.3. The minimum Gasteiger partial charge on any atom is -0.329 e. The number of rotatable bonds is 5. The SMILES string of the molecule is CC(C)(CNCCN)c1ccc2c(c1)CCC2. The quantitative estimate of drug-likeness (QED) is 0.762. The maximum absolute atomic E-state index is 5.51. The van der Waals surface area contributed by atoms with Crippen molar-refractivity contribution >= 4 is 0 Å². The van der Waals surface area contributed by atoms with Crippen molar-refractivity contribution in [3.05, 3.63) is 34.9 Å². The lowest BCUT2D eigenvalue weighted by molar-refractivity contribution is 0.473. The fourth-order valence-electron chi connectivity index (χ4n) is 2.60. The molecule has 0 bridgehead atoms. The monoisotopic (exact) mass is 232 g/mol. The van der Waals surface area contributed by atoms with Crippen molar-refractivity contribution < 1.29 is 0 Å². The van der Waals surface area contributed by atoms with E-state index >= 15 is 0 Å². The van der Waals surface area contributed by atoms with Gasteiger partial charge in [0.25, 0.3) is 0 Å². The molecule has 1 aliphatic rings. The highest BCUT2D eigenvalue weighted by atomic mass is 14.9. The van der Waals surface area contributed by atoms with Crippen molar-refractivity contribution in [1.82, 2.24) is 5.32 Å². The zero-order chi connectivity index (χ0) is 12.3. The van der Waals surface area contributed by atoms with Gasteiger partial charge in [-0.3, -0.25) is 0 Å². The van der Waals surface area contributed by atoms with Gasteiger partial charge in [-0.05, 0) is 36.0 Å². The molecule has 0 atom stereocenters. The molecule has 0 unspecified atom stereocenters. The molecule has 0 aromatic heterocycles. The summed E-state index contributed by atoms with van der Waals surface area (Å²) in [4.78, 5) is 0. The van der Waals surface area contributed by atoms with Crippen LogP contribution < -0.4 is 11.1 Å². The van der Waals surface area contributed by atoms with E-state index in [2.05, 4.69) is 37.4 Å². The molecule has 0 fully saturated rings. The van der Waals surface area contributed by atoms with E-state index in [-0.39, 0.29) is 5.41 Å². The van der Waals surface area contributed by atoms with Crippen LogP contribution in [0.25, 0.3) is 0 Å². The van der Waals surface area contributed by atoms with Crippen molar-refractivity contribution in [3.8, 4) is 0 Å². The number of aryl methyl sites for hydroxylation is 2. The molecule has 94 valence electrons. The van der Waals surface area contributed by atoms with Crippen LogP contribution in [0.2, 0.25) is 0 Å². The number of hydrogen-bond acceptors (Lipinski definition) is 2. The largest absolute Gasteiger partial charge is 0.329 e. The Kier molecular flexibility index (Phi) is 3.85.